The van der Waals surface area contributed by atoms with Crippen LogP contribution in [0.3, 0.4) is 0 Å². The lowest BCUT2D eigenvalue weighted by Crippen LogP contribution is -2.59. The minimum Gasteiger partial charge on any atom is -0.396 e. The van der Waals surface area contributed by atoms with Crippen LogP contribution in [0.4, 0.5) is 0 Å². The summed E-state index contributed by atoms with van der Waals surface area (Å²) in [6, 6.07) is 11.0. The Balaban J connectivity index is 1.29. The number of β-amino-alcohol motifs (C(OH)–C–C–N with tert-alkyl or cyclic N) is 1. The molecule has 7 rings (SSSR count). The van der Waals surface area contributed by atoms with Crippen LogP contribution in [-0.4, -0.2) is 87.5 Å². The van der Waals surface area contributed by atoms with Crippen molar-refractivity contribution in [3.63, 3.8) is 0 Å². The van der Waals surface area contributed by atoms with Crippen molar-refractivity contribution in [3.8, 4) is 11.8 Å². The molecule has 9 atom stereocenters. The van der Waals surface area contributed by atoms with Crippen molar-refractivity contribution >= 4 is 11.7 Å². The number of fused-ring (bicyclic) bond motifs is 4. The average Bonchev–Trinajstić information content (AvgIpc) is 3.64. The third kappa shape index (κ3) is 11.7. The molecule has 1 amide bonds. The number of hydrogen-bond donors (Lipinski definition) is 8. The molecule has 2 saturated carbocycles. The maximum absolute atomic E-state index is 14.9. The van der Waals surface area contributed by atoms with Gasteiger partial charge in [-0.15, -0.1) is 0 Å². The van der Waals surface area contributed by atoms with E-state index in [1.54, 1.807) is 0 Å². The zero-order valence-electron chi connectivity index (χ0n) is 40.5. The van der Waals surface area contributed by atoms with Crippen LogP contribution < -0.4 is 16.4 Å². The number of aryl methyl sites for hydroxylation is 2. The van der Waals surface area contributed by atoms with Crippen molar-refractivity contribution in [2.24, 2.45) is 23.0 Å². The van der Waals surface area contributed by atoms with E-state index in [4.69, 9.17) is 10.5 Å². The van der Waals surface area contributed by atoms with Crippen molar-refractivity contribution in [2.75, 3.05) is 26.4 Å². The third-order valence-corrected chi connectivity index (χ3v) is 15.7. The highest BCUT2D eigenvalue weighted by molar-refractivity contribution is 5.98. The Bertz CT molecular complexity index is 2370. The molecule has 2 bridgehead atoms. The number of ketones is 1. The predicted molar refractivity (Wildman–Crippen MR) is 266 cm³/mol. The molecule has 11 heteroatoms. The summed E-state index contributed by atoms with van der Waals surface area (Å²) >= 11 is 0. The Labute approximate surface area is 403 Å². The summed E-state index contributed by atoms with van der Waals surface area (Å²) < 4.78 is 6.17. The quantitative estimate of drug-likeness (QED) is 0.123. The van der Waals surface area contributed by atoms with Crippen molar-refractivity contribution in [3.05, 3.63) is 129 Å². The van der Waals surface area contributed by atoms with Crippen molar-refractivity contribution in [1.82, 2.24) is 10.6 Å². The van der Waals surface area contributed by atoms with E-state index in [0.717, 1.165) is 46.3 Å². The fourth-order valence-corrected chi connectivity index (χ4v) is 12.0. The van der Waals surface area contributed by atoms with E-state index in [1.165, 1.54) is 5.57 Å². The van der Waals surface area contributed by atoms with E-state index >= 15 is 0 Å². The molecule has 0 unspecified atom stereocenters. The normalized spacial score (nSPS) is 34.6. The standard InChI is InChI=1S/C57H75N3O8/c1-36-11-5-6-28-68-35-43(17-8-14-37(2)13-7-12-36)47-24-26-57(53(47)65)49-22-21-44(62)32-41-30-39(15-10-27-61)29-40(31-41)19-20-45(63)34-59-52-51-42(16-9-18-48(51)54(58)60-55(52)66)33-50(64)38(3)46(49)23-25-56(57,4)67/h8-9,12,14,16-18,29-31,44-45,47,49,52-54,59,61-63,65,67H,2,7,10-11,13,15,19-28,32-35,58H2,1,3-4H3,(H,60,66)/b14-8+,36-12+,43-17-,46-38+/t44-,45-,47+,49+,52-,53+,54+,56+,57+/m0/s1. The zero-order valence-corrected chi connectivity index (χ0v) is 40.5. The number of ether oxygens (including phenoxy) is 1. The van der Waals surface area contributed by atoms with Crippen LogP contribution in [0.15, 0.2) is 95.1 Å². The van der Waals surface area contributed by atoms with E-state index in [9.17, 15) is 35.1 Å². The van der Waals surface area contributed by atoms with E-state index in [1.807, 2.05) is 50.3 Å². The Kier molecular flexibility index (Phi) is 17.3. The number of benzene rings is 2. The summed E-state index contributed by atoms with van der Waals surface area (Å²) in [5, 5.41) is 64.9. The number of carbonyl (C=O) groups excluding carboxylic acids is 2. The molecule has 0 saturated heterocycles. The van der Waals surface area contributed by atoms with Crippen LogP contribution in [0.25, 0.3) is 0 Å². The number of nitrogens with one attached hydrogen (secondary N) is 2. The fourth-order valence-electron chi connectivity index (χ4n) is 12.0. The Morgan fingerprint density at radius 2 is 1.78 bits per heavy atom. The first-order valence-corrected chi connectivity index (χ1v) is 25.0. The van der Waals surface area contributed by atoms with Gasteiger partial charge in [-0.3, -0.25) is 14.9 Å². The second-order valence-electron chi connectivity index (χ2n) is 20.4. The molecular formula is C57H75N3O8. The first-order valence-electron chi connectivity index (χ1n) is 25.0. The third-order valence-electron chi connectivity index (χ3n) is 15.7. The average molecular weight is 930 g/mol. The second kappa shape index (κ2) is 23.0. The van der Waals surface area contributed by atoms with Crippen LogP contribution in [0.5, 0.6) is 0 Å². The molecule has 0 aromatic heterocycles. The van der Waals surface area contributed by atoms with Gasteiger partial charge in [0.2, 0.25) is 5.91 Å². The first kappa shape index (κ1) is 51.4. The molecule has 2 aromatic rings. The van der Waals surface area contributed by atoms with Gasteiger partial charge in [0, 0.05) is 37.3 Å². The van der Waals surface area contributed by atoms with Crippen LogP contribution in [-0.2, 0) is 40.0 Å². The maximum Gasteiger partial charge on any atom is 0.243 e. The molecule has 2 aliphatic carbocycles. The van der Waals surface area contributed by atoms with Crippen LogP contribution in [0.2, 0.25) is 0 Å². The molecule has 366 valence electrons. The monoisotopic (exact) mass is 930 g/mol. The lowest BCUT2D eigenvalue weighted by atomic mass is 9.52. The largest absolute Gasteiger partial charge is 0.396 e. The van der Waals surface area contributed by atoms with Gasteiger partial charge in [-0.05, 0) is 155 Å². The number of Topliss-reactive ketones (excluding diaryl/α,β-unsaturated/α-hetero) is 1. The molecule has 3 heterocycles. The number of carbonyl (C=O) groups is 2. The van der Waals surface area contributed by atoms with E-state index < -0.39 is 47.5 Å². The summed E-state index contributed by atoms with van der Waals surface area (Å²) in [7, 11) is 0. The fraction of sp³-hybridized carbons (Fsp3) is 0.544. The van der Waals surface area contributed by atoms with E-state index in [-0.39, 0.29) is 50.4 Å². The number of amides is 1. The predicted octanol–water partition coefficient (Wildman–Crippen LogP) is 6.56. The Morgan fingerprint density at radius 1 is 0.971 bits per heavy atom. The van der Waals surface area contributed by atoms with Gasteiger partial charge in [-0.2, -0.15) is 0 Å². The van der Waals surface area contributed by atoms with Gasteiger partial charge in [-0.1, -0.05) is 95.8 Å². The van der Waals surface area contributed by atoms with E-state index in [2.05, 4.69) is 60.3 Å². The zero-order chi connectivity index (χ0) is 48.6. The van der Waals surface area contributed by atoms with Crippen molar-refractivity contribution in [1.29, 1.82) is 0 Å². The molecule has 2 aromatic carbocycles. The number of nitrogens with two attached hydrogens (primary N) is 1. The molecule has 9 N–H and O–H groups in total. The van der Waals surface area contributed by atoms with Gasteiger partial charge in [0.15, 0.2) is 5.78 Å². The topological polar surface area (TPSA) is 195 Å². The summed E-state index contributed by atoms with van der Waals surface area (Å²) in [5.74, 6) is 5.08. The summed E-state index contributed by atoms with van der Waals surface area (Å²) in [6.07, 6.45) is 12.4. The first-order chi connectivity index (χ1) is 32.6. The van der Waals surface area contributed by atoms with Crippen LogP contribution in [0, 0.1) is 29.1 Å². The SMILES string of the molecule is C=C1/C=C/C=C(\[C@H]2CC[C@@]3([C@@H]4CC[C@H](O)Cc5cc(CCCO)cc(c5)CC[C@H](O)CN[C@@H]5C(=O)N[C@@H](N)c6cccc(c65)CC(=O)/C(C)=C/4CC[C@@]3(C)O)[C@@H]2O)COCC#CC/C(C)=C/CC1. The van der Waals surface area contributed by atoms with Gasteiger partial charge in [0.25, 0.3) is 0 Å². The highest BCUT2D eigenvalue weighted by Crippen LogP contribution is 2.63. The Hall–Kier alpha value is -4.48. The van der Waals surface area contributed by atoms with Crippen molar-refractivity contribution in [2.45, 2.75) is 153 Å². The Morgan fingerprint density at radius 3 is 2.59 bits per heavy atom. The molecule has 2 fully saturated rings. The lowest BCUT2D eigenvalue weighted by molar-refractivity contribution is -0.168. The van der Waals surface area contributed by atoms with E-state index in [0.29, 0.717) is 99.3 Å². The molecule has 5 aliphatic rings. The number of aliphatic hydroxyl groups excluding tert-OH is 4. The molecule has 0 radical (unpaired) electrons. The molecule has 68 heavy (non-hydrogen) atoms. The van der Waals surface area contributed by atoms with Crippen molar-refractivity contribution < 1.29 is 39.9 Å². The summed E-state index contributed by atoms with van der Waals surface area (Å²) in [5.41, 5.74) is 13.7. The van der Waals surface area contributed by atoms with Crippen LogP contribution >= 0.6 is 0 Å². The summed E-state index contributed by atoms with van der Waals surface area (Å²) in [6.45, 7) is 10.7. The molecule has 3 aliphatic heterocycles. The smallest absolute Gasteiger partial charge is 0.243 e. The lowest BCUT2D eigenvalue weighted by Gasteiger charge is -2.56. The highest BCUT2D eigenvalue weighted by atomic mass is 16.5. The number of rotatable bonds is 4. The maximum atomic E-state index is 14.9. The number of aliphatic hydroxyl groups is 5. The minimum atomic E-state index is -1.32. The van der Waals surface area contributed by atoms with Gasteiger partial charge < -0.3 is 41.3 Å². The highest BCUT2D eigenvalue weighted by Gasteiger charge is 2.64. The van der Waals surface area contributed by atoms with Gasteiger partial charge in [0.1, 0.15) is 18.8 Å². The van der Waals surface area contributed by atoms with Gasteiger partial charge in [-0.25, -0.2) is 0 Å². The van der Waals surface area contributed by atoms with Gasteiger partial charge >= 0.3 is 0 Å². The molecule has 1 spiro atoms. The van der Waals surface area contributed by atoms with Crippen LogP contribution in [0.1, 0.15) is 137 Å². The molecular weight excluding hydrogens is 855 g/mol. The summed E-state index contributed by atoms with van der Waals surface area (Å²) in [4.78, 5) is 28.6. The van der Waals surface area contributed by atoms with Gasteiger partial charge in [0.05, 0.1) is 30.5 Å². The number of hydrogen-bond acceptors (Lipinski definition) is 10. The molecule has 11 nitrogen and oxygen atoms in total. The number of allylic oxidation sites excluding steroid dienone is 8. The second-order valence-corrected chi connectivity index (χ2v) is 20.4. The minimum absolute atomic E-state index is 0.00318.